The fraction of sp³-hybridized carbons (Fsp3) is 0.476. The molecule has 3 aliphatic carbocycles. The number of carbonyl (C=O) groups is 3. The molecule has 2 aromatic carbocycles. The van der Waals surface area contributed by atoms with Gasteiger partial charge in [0.25, 0.3) is 0 Å². The lowest BCUT2D eigenvalue weighted by Crippen LogP contribution is -2.51. The van der Waals surface area contributed by atoms with Crippen molar-refractivity contribution >= 4 is 41.1 Å². The zero-order valence-corrected chi connectivity index (χ0v) is 30.4. The Bertz CT molecular complexity index is 1850. The summed E-state index contributed by atoms with van der Waals surface area (Å²) in [7, 11) is 0. The monoisotopic (exact) mass is 722 g/mol. The smallest absolute Gasteiger partial charge is 0.328 e. The molecule has 4 bridgehead atoms. The number of guanidine groups is 1. The Morgan fingerprint density at radius 3 is 2.55 bits per heavy atom. The van der Waals surface area contributed by atoms with E-state index in [1.165, 1.54) is 17.2 Å². The lowest BCUT2D eigenvalue weighted by Gasteiger charge is -2.57. The molecular formula is C42H54N6O5. The van der Waals surface area contributed by atoms with Gasteiger partial charge in [-0.1, -0.05) is 49.4 Å². The molecule has 0 aliphatic heterocycles. The van der Waals surface area contributed by atoms with E-state index < -0.39 is 18.1 Å². The Hall–Kier alpha value is -4.74. The van der Waals surface area contributed by atoms with E-state index in [-0.39, 0.29) is 66.5 Å². The van der Waals surface area contributed by atoms with Crippen molar-refractivity contribution in [1.82, 2.24) is 4.98 Å². The number of nitrogens with zero attached hydrogens (tertiary/aromatic N) is 1. The lowest BCUT2D eigenvalue weighted by molar-refractivity contribution is -0.131. The maximum atomic E-state index is 12.5. The number of nitrogens with one attached hydrogen (secondary N) is 2. The van der Waals surface area contributed by atoms with Gasteiger partial charge in [0.2, 0.25) is 0 Å². The van der Waals surface area contributed by atoms with E-state index in [1.54, 1.807) is 0 Å². The number of hydrogen-bond acceptors (Lipinski definition) is 7. The fourth-order valence-electron chi connectivity index (χ4n) is 9.70. The molecule has 1 heterocycles. The van der Waals surface area contributed by atoms with Crippen LogP contribution in [0.5, 0.6) is 0 Å². The van der Waals surface area contributed by atoms with Crippen LogP contribution < -0.4 is 22.5 Å². The first-order chi connectivity index (χ1) is 25.6. The number of aliphatic hydroxyl groups is 1. The summed E-state index contributed by atoms with van der Waals surface area (Å²) < 4.78 is 0. The number of aliphatic carboxylic acids is 1. The summed E-state index contributed by atoms with van der Waals surface area (Å²) in [5, 5.41) is 26.3. The highest BCUT2D eigenvalue weighted by molar-refractivity contribution is 5.86. The standard InChI is InChI=1S/C42H54N6O5/c1-24(23-51)4-9-29(43)10-7-26-8-11-31-30-12-13-32(40(31)39(26)34-21-28-19-25(14-17-49)5-6-27(28)20-33(30)34)41(48-37-3-2-16-46-37)35(22-38(52)53)36(15-18-50)47-42(44)45/h2-3,5-6,8,11,16-17,19-24,26,29-32,36,39-41,46,48,50H,4,7,9-10,12-15,18,43H2,1H3,(H,52,53)(H4,44,45,47). The molecule has 3 aromatic rings. The fourth-order valence-corrected chi connectivity index (χ4v) is 9.70. The number of benzene rings is 2. The van der Waals surface area contributed by atoms with E-state index in [0.29, 0.717) is 12.0 Å². The molecule has 1 saturated carbocycles. The van der Waals surface area contributed by atoms with Crippen molar-refractivity contribution in [2.24, 2.45) is 51.8 Å². The van der Waals surface area contributed by atoms with Crippen LogP contribution >= 0.6 is 0 Å². The van der Waals surface area contributed by atoms with Crippen LogP contribution in [-0.4, -0.2) is 64.4 Å². The molecule has 0 amide bonds. The number of carboxylic acid groups (broad SMARTS) is 1. The number of carboxylic acids is 1. The van der Waals surface area contributed by atoms with Gasteiger partial charge >= 0.3 is 5.97 Å². The number of aromatic amines is 1. The quantitative estimate of drug-likeness (QED) is 0.0304. The minimum absolute atomic E-state index is 0.0228. The summed E-state index contributed by atoms with van der Waals surface area (Å²) in [6.07, 6.45) is 15.3. The number of anilines is 1. The zero-order valence-electron chi connectivity index (χ0n) is 30.4. The van der Waals surface area contributed by atoms with Crippen LogP contribution in [0.1, 0.15) is 80.4 Å². The molecule has 10 atom stereocenters. The Kier molecular flexibility index (Phi) is 12.1. The summed E-state index contributed by atoms with van der Waals surface area (Å²) >= 11 is 0. The highest BCUT2D eigenvalue weighted by Crippen LogP contribution is 2.62. The summed E-state index contributed by atoms with van der Waals surface area (Å²) in [5.74, 6) is 0.345. The molecule has 3 aliphatic rings. The van der Waals surface area contributed by atoms with E-state index in [2.05, 4.69) is 51.7 Å². The minimum Gasteiger partial charge on any atom is -0.478 e. The second kappa shape index (κ2) is 16.9. The zero-order chi connectivity index (χ0) is 37.6. The Morgan fingerprint density at radius 2 is 1.85 bits per heavy atom. The van der Waals surface area contributed by atoms with Gasteiger partial charge in [0.1, 0.15) is 18.4 Å². The number of aliphatic hydroxyl groups excluding tert-OH is 1. The molecule has 10 N–H and O–H groups in total. The number of H-pyrrole nitrogens is 1. The average molecular weight is 723 g/mol. The third-order valence-electron chi connectivity index (χ3n) is 12.0. The minimum atomic E-state index is -1.11. The van der Waals surface area contributed by atoms with Gasteiger partial charge in [0, 0.05) is 37.3 Å². The molecule has 0 spiro atoms. The molecule has 1 aromatic heterocycles. The van der Waals surface area contributed by atoms with Crippen LogP contribution in [0.15, 0.2) is 77.5 Å². The molecule has 53 heavy (non-hydrogen) atoms. The topological polar surface area (TPSA) is 210 Å². The maximum absolute atomic E-state index is 12.5. The number of aldehydes is 2. The van der Waals surface area contributed by atoms with Gasteiger partial charge in [-0.3, -0.25) is 0 Å². The van der Waals surface area contributed by atoms with Crippen molar-refractivity contribution in [1.29, 1.82) is 0 Å². The highest BCUT2D eigenvalue weighted by atomic mass is 16.4. The number of nitrogens with two attached hydrogens (primary N) is 3. The van der Waals surface area contributed by atoms with E-state index in [0.717, 1.165) is 73.3 Å². The first-order valence-electron chi connectivity index (χ1n) is 19.0. The van der Waals surface area contributed by atoms with Gasteiger partial charge in [0.15, 0.2) is 5.96 Å². The number of hydrogen-bond donors (Lipinski definition) is 7. The van der Waals surface area contributed by atoms with Gasteiger partial charge in [-0.05, 0) is 126 Å². The largest absolute Gasteiger partial charge is 0.478 e. The van der Waals surface area contributed by atoms with Crippen LogP contribution in [0.4, 0.5) is 5.82 Å². The van der Waals surface area contributed by atoms with Gasteiger partial charge in [0.05, 0.1) is 12.1 Å². The van der Waals surface area contributed by atoms with Crippen molar-refractivity contribution < 1.29 is 24.6 Å². The van der Waals surface area contributed by atoms with Gasteiger partial charge in [-0.25, -0.2) is 9.79 Å². The Labute approximate surface area is 311 Å². The number of allylic oxidation sites excluding steroid dienone is 2. The van der Waals surface area contributed by atoms with Crippen LogP contribution in [0.2, 0.25) is 0 Å². The lowest BCUT2D eigenvalue weighted by atomic mass is 9.48. The van der Waals surface area contributed by atoms with E-state index in [1.807, 2.05) is 31.3 Å². The molecular weight excluding hydrogens is 668 g/mol. The summed E-state index contributed by atoms with van der Waals surface area (Å²) in [5.41, 5.74) is 22.7. The third-order valence-corrected chi connectivity index (χ3v) is 12.0. The van der Waals surface area contributed by atoms with Crippen LogP contribution in [0.25, 0.3) is 10.8 Å². The maximum Gasteiger partial charge on any atom is 0.328 e. The number of fused-ring (bicyclic) bond motifs is 4. The van der Waals surface area contributed by atoms with Gasteiger partial charge < -0.3 is 47.3 Å². The average Bonchev–Trinajstić information content (AvgIpc) is 3.65. The molecule has 10 unspecified atom stereocenters. The predicted molar refractivity (Wildman–Crippen MR) is 208 cm³/mol. The number of aliphatic imine (C=N–C) groups is 1. The Morgan fingerprint density at radius 1 is 1.04 bits per heavy atom. The molecule has 0 saturated heterocycles. The third kappa shape index (κ3) is 8.41. The van der Waals surface area contributed by atoms with Crippen molar-refractivity contribution in [3.63, 3.8) is 0 Å². The van der Waals surface area contributed by atoms with E-state index in [4.69, 9.17) is 17.2 Å². The first-order valence-corrected chi connectivity index (χ1v) is 19.0. The molecule has 6 rings (SSSR count). The second-order valence-electron chi connectivity index (χ2n) is 15.4. The van der Waals surface area contributed by atoms with Crippen molar-refractivity contribution in [2.75, 3.05) is 11.9 Å². The van der Waals surface area contributed by atoms with Crippen LogP contribution in [0.3, 0.4) is 0 Å². The number of carbonyl (C=O) groups excluding carboxylic acids is 2. The van der Waals surface area contributed by atoms with E-state index in [9.17, 15) is 24.6 Å². The normalized spacial score (nSPS) is 25.5. The number of aromatic nitrogens is 1. The van der Waals surface area contributed by atoms with Gasteiger partial charge in [-0.15, -0.1) is 0 Å². The molecule has 1 fully saturated rings. The molecule has 11 nitrogen and oxygen atoms in total. The van der Waals surface area contributed by atoms with Crippen molar-refractivity contribution in [3.8, 4) is 0 Å². The first kappa shape index (κ1) is 38.0. The van der Waals surface area contributed by atoms with E-state index >= 15 is 0 Å². The molecule has 282 valence electrons. The SMILES string of the molecule is CC(C=O)CCC(N)CCC1C=CC2C3CCC(C(Nc4ccc[nH]4)C(=CC(=O)O)C(CCO)N=C(N)N)C2C1c1cc2cc(CC=O)ccc2cc13. The second-order valence-corrected chi connectivity index (χ2v) is 15.4. The molecule has 11 heteroatoms. The summed E-state index contributed by atoms with van der Waals surface area (Å²) in [6.45, 7) is 1.70. The summed E-state index contributed by atoms with van der Waals surface area (Å²) in [4.78, 5) is 43.0. The summed E-state index contributed by atoms with van der Waals surface area (Å²) in [6, 6.07) is 13.6. The van der Waals surface area contributed by atoms with Crippen LogP contribution in [0, 0.1) is 29.6 Å². The van der Waals surface area contributed by atoms with Crippen molar-refractivity contribution in [2.45, 2.75) is 88.3 Å². The van der Waals surface area contributed by atoms with Crippen molar-refractivity contribution in [3.05, 3.63) is 89.2 Å². The Balaban J connectivity index is 1.47. The van der Waals surface area contributed by atoms with Crippen LogP contribution in [-0.2, 0) is 20.8 Å². The predicted octanol–water partition coefficient (Wildman–Crippen LogP) is 5.16. The highest BCUT2D eigenvalue weighted by Gasteiger charge is 2.54. The molecule has 0 radical (unpaired) electrons. The van der Waals surface area contributed by atoms with Gasteiger partial charge in [-0.2, -0.15) is 0 Å². The number of rotatable bonds is 18.